The maximum Gasteiger partial charge on any atom is 0.313 e. The Hall–Kier alpha value is -2.17. The van der Waals surface area contributed by atoms with Crippen molar-refractivity contribution in [1.82, 2.24) is 10.2 Å². The summed E-state index contributed by atoms with van der Waals surface area (Å²) < 4.78 is 19.6. The monoisotopic (exact) mass is 333 g/mol. The Morgan fingerprint density at radius 3 is 2.71 bits per heavy atom. The van der Waals surface area contributed by atoms with E-state index in [1.807, 2.05) is 0 Å². The molecule has 2 fully saturated rings. The van der Waals surface area contributed by atoms with Crippen LogP contribution < -0.4 is 10.1 Å². The fourth-order valence-electron chi connectivity index (χ4n) is 2.89. The van der Waals surface area contributed by atoms with E-state index in [1.165, 1.54) is 6.07 Å². The van der Waals surface area contributed by atoms with Crippen LogP contribution in [0.1, 0.15) is 18.4 Å². The lowest BCUT2D eigenvalue weighted by atomic mass is 10.1. The van der Waals surface area contributed by atoms with E-state index in [0.717, 1.165) is 32.2 Å². The molecule has 1 saturated carbocycles. The number of carboxylic acids is 1. The van der Waals surface area contributed by atoms with Gasteiger partial charge in [-0.3, -0.25) is 9.69 Å². The molecule has 0 unspecified atom stereocenters. The molecule has 128 valence electrons. The van der Waals surface area contributed by atoms with Crippen LogP contribution >= 0.6 is 0 Å². The lowest BCUT2D eigenvalue weighted by Crippen LogP contribution is -2.43. The molecule has 24 heavy (non-hydrogen) atoms. The highest BCUT2D eigenvalue weighted by Gasteiger charge is 2.51. The summed E-state index contributed by atoms with van der Waals surface area (Å²) in [6.45, 7) is 11.2. The first-order valence-corrected chi connectivity index (χ1v) is 8.03. The summed E-state index contributed by atoms with van der Waals surface area (Å²) in [6.07, 6.45) is 1.15. The van der Waals surface area contributed by atoms with Crippen LogP contribution in [0.2, 0.25) is 0 Å². The van der Waals surface area contributed by atoms with Crippen LogP contribution in [0.5, 0.6) is 5.75 Å². The molecule has 0 aromatic heterocycles. The van der Waals surface area contributed by atoms with Crippen LogP contribution in [0.4, 0.5) is 10.1 Å². The molecule has 1 aromatic carbocycles. The summed E-state index contributed by atoms with van der Waals surface area (Å²) in [5.41, 5.74) is -0.148. The van der Waals surface area contributed by atoms with Gasteiger partial charge in [0.1, 0.15) is 23.6 Å². The van der Waals surface area contributed by atoms with Gasteiger partial charge in [-0.05, 0) is 25.0 Å². The van der Waals surface area contributed by atoms with Gasteiger partial charge in [0, 0.05) is 38.3 Å². The van der Waals surface area contributed by atoms with Gasteiger partial charge < -0.3 is 15.2 Å². The Kier molecular flexibility index (Phi) is 4.69. The van der Waals surface area contributed by atoms with E-state index in [4.69, 9.17) is 11.3 Å². The highest BCUT2D eigenvalue weighted by molar-refractivity contribution is 5.78. The van der Waals surface area contributed by atoms with Crippen molar-refractivity contribution in [2.24, 2.45) is 5.41 Å². The number of carboxylic acid groups (broad SMARTS) is 1. The molecule has 7 heteroatoms. The van der Waals surface area contributed by atoms with Crippen LogP contribution in [-0.4, -0.2) is 48.8 Å². The molecule has 0 atom stereocenters. The molecule has 1 heterocycles. The third kappa shape index (κ3) is 3.50. The average molecular weight is 333 g/mol. The first-order valence-electron chi connectivity index (χ1n) is 8.03. The number of carbonyl (C=O) groups is 1. The van der Waals surface area contributed by atoms with Crippen LogP contribution in [0.3, 0.4) is 0 Å². The van der Waals surface area contributed by atoms with Crippen LogP contribution in [0.15, 0.2) is 12.1 Å². The smallest absolute Gasteiger partial charge is 0.313 e. The number of nitrogens with zero attached hydrogens (tertiary/aromatic N) is 2. The molecule has 2 N–H and O–H groups in total. The zero-order chi connectivity index (χ0) is 17.2. The van der Waals surface area contributed by atoms with Crippen molar-refractivity contribution in [1.29, 1.82) is 0 Å². The topological polar surface area (TPSA) is 66.2 Å². The van der Waals surface area contributed by atoms with Crippen molar-refractivity contribution < 1.29 is 19.0 Å². The van der Waals surface area contributed by atoms with Crippen molar-refractivity contribution in [2.45, 2.75) is 19.4 Å². The standard InChI is InChI=1S/C17H20FN3O3/c1-19-14-9-13(18)8-12(10-21-6-4-20-5-7-21)15(14)24-11-17(2-3-17)16(22)23/h8-9,20H,2-7,10-11H2,(H,22,23). The maximum absolute atomic E-state index is 13.8. The predicted octanol–water partition coefficient (Wildman–Crippen LogP) is 2.03. The predicted molar refractivity (Wildman–Crippen MR) is 85.6 cm³/mol. The van der Waals surface area contributed by atoms with Crippen molar-refractivity contribution in [2.75, 3.05) is 32.8 Å². The number of piperazine rings is 1. The largest absolute Gasteiger partial charge is 0.503 e. The Bertz CT molecular complexity index is 676. The minimum atomic E-state index is -0.877. The second kappa shape index (κ2) is 6.75. The van der Waals surface area contributed by atoms with Crippen molar-refractivity contribution >= 4 is 11.7 Å². The molecule has 2 aliphatic rings. The van der Waals surface area contributed by atoms with E-state index in [-0.39, 0.29) is 12.3 Å². The molecule has 3 rings (SSSR count). The quantitative estimate of drug-likeness (QED) is 0.780. The molecular weight excluding hydrogens is 313 g/mol. The van der Waals surface area contributed by atoms with Gasteiger partial charge in [0.2, 0.25) is 5.69 Å². The number of halogens is 1. The Morgan fingerprint density at radius 1 is 1.42 bits per heavy atom. The Morgan fingerprint density at radius 2 is 2.12 bits per heavy atom. The fourth-order valence-corrected chi connectivity index (χ4v) is 2.89. The van der Waals surface area contributed by atoms with Crippen molar-refractivity contribution in [3.8, 4) is 5.75 Å². The highest BCUT2D eigenvalue weighted by atomic mass is 19.1. The van der Waals surface area contributed by atoms with Gasteiger partial charge in [-0.25, -0.2) is 9.24 Å². The molecule has 1 aliphatic carbocycles. The van der Waals surface area contributed by atoms with Gasteiger partial charge in [0.15, 0.2) is 0 Å². The van der Waals surface area contributed by atoms with E-state index >= 15 is 0 Å². The van der Waals surface area contributed by atoms with E-state index in [2.05, 4.69) is 15.1 Å². The summed E-state index contributed by atoms with van der Waals surface area (Å²) in [7, 11) is 0. The molecule has 1 saturated heterocycles. The minimum absolute atomic E-state index is 0.0189. The number of hydrogen-bond donors (Lipinski definition) is 2. The number of benzene rings is 1. The van der Waals surface area contributed by atoms with Gasteiger partial charge in [-0.15, -0.1) is 0 Å². The summed E-state index contributed by atoms with van der Waals surface area (Å²) in [6, 6.07) is 2.52. The third-order valence-electron chi connectivity index (χ3n) is 4.64. The van der Waals surface area contributed by atoms with Gasteiger partial charge in [-0.2, -0.15) is 0 Å². The number of ether oxygens (including phenoxy) is 1. The van der Waals surface area contributed by atoms with Crippen LogP contribution in [0.25, 0.3) is 4.85 Å². The highest BCUT2D eigenvalue weighted by Crippen LogP contribution is 2.47. The second-order valence-electron chi connectivity index (χ2n) is 6.43. The van der Waals surface area contributed by atoms with Crippen LogP contribution in [0, 0.1) is 17.8 Å². The number of rotatable bonds is 6. The average Bonchev–Trinajstić information content (AvgIpc) is 3.35. The van der Waals surface area contributed by atoms with E-state index < -0.39 is 17.2 Å². The molecule has 0 spiro atoms. The first kappa shape index (κ1) is 16.7. The van der Waals surface area contributed by atoms with E-state index in [0.29, 0.717) is 30.7 Å². The van der Waals surface area contributed by atoms with Gasteiger partial charge >= 0.3 is 5.97 Å². The van der Waals surface area contributed by atoms with E-state index in [1.54, 1.807) is 0 Å². The summed E-state index contributed by atoms with van der Waals surface area (Å²) in [5, 5.41) is 12.5. The van der Waals surface area contributed by atoms with Crippen molar-refractivity contribution in [3.63, 3.8) is 0 Å². The Labute approximate surface area is 140 Å². The first-order chi connectivity index (χ1) is 11.5. The summed E-state index contributed by atoms with van der Waals surface area (Å²) >= 11 is 0. The zero-order valence-electron chi connectivity index (χ0n) is 13.3. The second-order valence-corrected chi connectivity index (χ2v) is 6.43. The number of nitrogens with one attached hydrogen (secondary N) is 1. The summed E-state index contributed by atoms with van der Waals surface area (Å²) in [5.74, 6) is -1.03. The number of aliphatic carboxylic acids is 1. The molecule has 1 aliphatic heterocycles. The lowest BCUT2D eigenvalue weighted by Gasteiger charge is -2.28. The van der Waals surface area contributed by atoms with Crippen LogP contribution in [-0.2, 0) is 11.3 Å². The molecule has 0 amide bonds. The minimum Gasteiger partial charge on any atom is -0.503 e. The van der Waals surface area contributed by atoms with Crippen molar-refractivity contribution in [3.05, 3.63) is 34.9 Å². The third-order valence-corrected chi connectivity index (χ3v) is 4.64. The lowest BCUT2D eigenvalue weighted by molar-refractivity contribution is -0.144. The Balaban J connectivity index is 1.82. The fraction of sp³-hybridized carbons (Fsp3) is 0.529. The van der Waals surface area contributed by atoms with E-state index in [9.17, 15) is 14.3 Å². The van der Waals surface area contributed by atoms with Gasteiger partial charge in [0.05, 0.1) is 6.57 Å². The van der Waals surface area contributed by atoms with Gasteiger partial charge in [0.25, 0.3) is 0 Å². The van der Waals surface area contributed by atoms with Gasteiger partial charge in [-0.1, -0.05) is 0 Å². The zero-order valence-corrected chi connectivity index (χ0v) is 13.3. The molecule has 0 bridgehead atoms. The normalized spacial score (nSPS) is 19.5. The SMILES string of the molecule is [C-]#[N+]c1cc(F)cc(CN2CCNCC2)c1OCC1(C(=O)O)CC1. The maximum atomic E-state index is 13.8. The summed E-state index contributed by atoms with van der Waals surface area (Å²) in [4.78, 5) is 16.8. The molecule has 6 nitrogen and oxygen atoms in total. The molecule has 0 radical (unpaired) electrons. The molecule has 1 aromatic rings. The number of hydrogen-bond acceptors (Lipinski definition) is 4. The molecular formula is C17H20FN3O3.